The van der Waals surface area contributed by atoms with Crippen LogP contribution in [0, 0.1) is 0 Å². The molecular weight excluding hydrogens is 152 g/mol. The van der Waals surface area contributed by atoms with Crippen LogP contribution >= 0.6 is 11.3 Å². The molecule has 0 aliphatic rings. The van der Waals surface area contributed by atoms with Crippen molar-refractivity contribution in [3.05, 3.63) is 41.1 Å². The van der Waals surface area contributed by atoms with Gasteiger partial charge in [0.15, 0.2) is 0 Å². The van der Waals surface area contributed by atoms with Crippen LogP contribution in [0.15, 0.2) is 36.2 Å². The minimum absolute atomic E-state index is 1.07. The molecule has 1 heterocycles. The van der Waals surface area contributed by atoms with Crippen LogP contribution in [0.4, 0.5) is 0 Å². The van der Waals surface area contributed by atoms with Crippen molar-refractivity contribution in [3.8, 4) is 0 Å². The lowest BCUT2D eigenvalue weighted by molar-refractivity contribution is 1.06. The average molecular weight is 164 g/mol. The number of hydrogen-bond donors (Lipinski definition) is 0. The zero-order chi connectivity index (χ0) is 7.94. The van der Waals surface area contributed by atoms with Crippen LogP contribution in [-0.4, -0.2) is 0 Å². The molecule has 0 spiro atoms. The van der Waals surface area contributed by atoms with E-state index >= 15 is 0 Å². The Morgan fingerprint density at radius 2 is 2.36 bits per heavy atom. The van der Waals surface area contributed by atoms with Crippen molar-refractivity contribution in [1.82, 2.24) is 0 Å². The van der Waals surface area contributed by atoms with E-state index in [4.69, 9.17) is 0 Å². The average Bonchev–Trinajstić information content (AvgIpc) is 2.50. The highest BCUT2D eigenvalue weighted by Gasteiger charge is 1.83. The van der Waals surface area contributed by atoms with E-state index in [0.29, 0.717) is 0 Å². The SMILES string of the molecule is C=CCC/C=C/c1cccs1. The van der Waals surface area contributed by atoms with Gasteiger partial charge in [0.05, 0.1) is 0 Å². The largest absolute Gasteiger partial charge is 0.144 e. The normalized spacial score (nSPS) is 10.5. The molecule has 11 heavy (non-hydrogen) atoms. The summed E-state index contributed by atoms with van der Waals surface area (Å²) in [6, 6.07) is 4.19. The summed E-state index contributed by atoms with van der Waals surface area (Å²) in [7, 11) is 0. The number of allylic oxidation sites excluding steroid dienone is 2. The molecule has 0 unspecified atom stereocenters. The first-order valence-electron chi connectivity index (χ1n) is 3.74. The molecule has 0 bridgehead atoms. The summed E-state index contributed by atoms with van der Waals surface area (Å²) in [6.45, 7) is 3.66. The molecule has 0 fully saturated rings. The highest BCUT2D eigenvalue weighted by Crippen LogP contribution is 2.10. The molecule has 1 heteroatoms. The fourth-order valence-corrected chi connectivity index (χ4v) is 1.45. The van der Waals surface area contributed by atoms with E-state index in [1.54, 1.807) is 11.3 Å². The van der Waals surface area contributed by atoms with Gasteiger partial charge >= 0.3 is 0 Å². The van der Waals surface area contributed by atoms with Crippen molar-refractivity contribution in [2.24, 2.45) is 0 Å². The summed E-state index contributed by atoms with van der Waals surface area (Å²) in [6.07, 6.45) is 8.46. The van der Waals surface area contributed by atoms with Gasteiger partial charge in [-0.3, -0.25) is 0 Å². The Hall–Kier alpha value is -0.820. The molecule has 58 valence electrons. The molecule has 0 aliphatic carbocycles. The number of hydrogen-bond acceptors (Lipinski definition) is 1. The zero-order valence-corrected chi connectivity index (χ0v) is 7.31. The second-order valence-corrected chi connectivity index (χ2v) is 3.26. The number of unbranched alkanes of at least 4 members (excludes halogenated alkanes) is 1. The highest BCUT2D eigenvalue weighted by atomic mass is 32.1. The van der Waals surface area contributed by atoms with E-state index in [2.05, 4.69) is 36.2 Å². The third-order valence-electron chi connectivity index (χ3n) is 1.36. The highest BCUT2D eigenvalue weighted by molar-refractivity contribution is 7.10. The first kappa shape index (κ1) is 8.28. The van der Waals surface area contributed by atoms with Gasteiger partial charge in [-0.25, -0.2) is 0 Å². The molecule has 0 N–H and O–H groups in total. The van der Waals surface area contributed by atoms with E-state index in [9.17, 15) is 0 Å². The molecule has 0 amide bonds. The van der Waals surface area contributed by atoms with Gasteiger partial charge in [0.25, 0.3) is 0 Å². The molecule has 0 aromatic carbocycles. The summed E-state index contributed by atoms with van der Waals surface area (Å²) >= 11 is 1.77. The van der Waals surface area contributed by atoms with Gasteiger partial charge in [-0.2, -0.15) is 0 Å². The summed E-state index contributed by atoms with van der Waals surface area (Å²) in [4.78, 5) is 1.33. The minimum Gasteiger partial charge on any atom is -0.144 e. The number of rotatable bonds is 4. The van der Waals surface area contributed by atoms with E-state index in [0.717, 1.165) is 12.8 Å². The zero-order valence-electron chi connectivity index (χ0n) is 6.49. The quantitative estimate of drug-likeness (QED) is 0.470. The molecule has 0 saturated heterocycles. The predicted molar refractivity (Wildman–Crippen MR) is 52.8 cm³/mol. The molecule has 0 aliphatic heterocycles. The van der Waals surface area contributed by atoms with Crippen molar-refractivity contribution in [2.75, 3.05) is 0 Å². The van der Waals surface area contributed by atoms with Gasteiger partial charge in [0, 0.05) is 4.88 Å². The Balaban J connectivity index is 2.31. The van der Waals surface area contributed by atoms with E-state index in [1.807, 2.05) is 6.08 Å². The summed E-state index contributed by atoms with van der Waals surface area (Å²) in [5, 5.41) is 2.09. The van der Waals surface area contributed by atoms with Crippen LogP contribution < -0.4 is 0 Å². The van der Waals surface area contributed by atoms with Crippen LogP contribution in [0.3, 0.4) is 0 Å². The van der Waals surface area contributed by atoms with Crippen LogP contribution in [0.5, 0.6) is 0 Å². The van der Waals surface area contributed by atoms with Gasteiger partial charge < -0.3 is 0 Å². The van der Waals surface area contributed by atoms with Gasteiger partial charge in [-0.1, -0.05) is 18.2 Å². The lowest BCUT2D eigenvalue weighted by atomic mass is 10.3. The van der Waals surface area contributed by atoms with Gasteiger partial charge in [0.2, 0.25) is 0 Å². The third-order valence-corrected chi connectivity index (χ3v) is 2.20. The molecule has 1 rings (SSSR count). The molecule has 0 saturated carbocycles. The number of thiophene rings is 1. The maximum Gasteiger partial charge on any atom is 0.0267 e. The summed E-state index contributed by atoms with van der Waals surface area (Å²) < 4.78 is 0. The van der Waals surface area contributed by atoms with E-state index < -0.39 is 0 Å². The van der Waals surface area contributed by atoms with E-state index in [1.165, 1.54) is 4.88 Å². The van der Waals surface area contributed by atoms with Crippen molar-refractivity contribution in [2.45, 2.75) is 12.8 Å². The first-order chi connectivity index (χ1) is 5.43. The van der Waals surface area contributed by atoms with Crippen molar-refractivity contribution < 1.29 is 0 Å². The van der Waals surface area contributed by atoms with Crippen LogP contribution in [0.25, 0.3) is 6.08 Å². The first-order valence-corrected chi connectivity index (χ1v) is 4.62. The molecule has 0 atom stereocenters. The van der Waals surface area contributed by atoms with Crippen LogP contribution in [-0.2, 0) is 0 Å². The maximum atomic E-state index is 3.66. The summed E-state index contributed by atoms with van der Waals surface area (Å²) in [5.74, 6) is 0. The lowest BCUT2D eigenvalue weighted by Crippen LogP contribution is -1.62. The van der Waals surface area contributed by atoms with Gasteiger partial charge in [-0.15, -0.1) is 17.9 Å². The predicted octanol–water partition coefficient (Wildman–Crippen LogP) is 3.73. The van der Waals surface area contributed by atoms with Crippen molar-refractivity contribution in [1.29, 1.82) is 0 Å². The lowest BCUT2D eigenvalue weighted by Gasteiger charge is -1.84. The summed E-state index contributed by atoms with van der Waals surface area (Å²) in [5.41, 5.74) is 0. The molecular formula is C10H12S. The van der Waals surface area contributed by atoms with E-state index in [-0.39, 0.29) is 0 Å². The van der Waals surface area contributed by atoms with Gasteiger partial charge in [-0.05, 0) is 30.4 Å². The maximum absolute atomic E-state index is 3.66. The monoisotopic (exact) mass is 164 g/mol. The third kappa shape index (κ3) is 3.19. The Morgan fingerprint density at radius 1 is 1.45 bits per heavy atom. The topological polar surface area (TPSA) is 0 Å². The standard InChI is InChI=1S/C10H12S/c1-2-3-4-5-7-10-8-6-9-11-10/h2,5-9H,1,3-4H2/b7-5+. The van der Waals surface area contributed by atoms with Crippen LogP contribution in [0.2, 0.25) is 0 Å². The Bertz CT molecular complexity index is 219. The molecule has 0 nitrogen and oxygen atoms in total. The van der Waals surface area contributed by atoms with Crippen molar-refractivity contribution in [3.63, 3.8) is 0 Å². The van der Waals surface area contributed by atoms with Gasteiger partial charge in [0.1, 0.15) is 0 Å². The molecule has 0 radical (unpaired) electrons. The second-order valence-electron chi connectivity index (χ2n) is 2.28. The smallest absolute Gasteiger partial charge is 0.0267 e. The van der Waals surface area contributed by atoms with Crippen LogP contribution in [0.1, 0.15) is 17.7 Å². The minimum atomic E-state index is 1.07. The Labute approximate surface area is 71.9 Å². The van der Waals surface area contributed by atoms with Crippen molar-refractivity contribution >= 4 is 17.4 Å². The fourth-order valence-electron chi connectivity index (χ4n) is 0.800. The molecule has 1 aromatic rings. The Morgan fingerprint density at radius 3 is 3.00 bits per heavy atom. The fraction of sp³-hybridized carbons (Fsp3) is 0.200. The second kappa shape index (κ2) is 4.91. The molecule has 1 aromatic heterocycles. The Kier molecular flexibility index (Phi) is 3.70.